The zero-order valence-corrected chi connectivity index (χ0v) is 14.6. The molecule has 138 valence electrons. The minimum atomic E-state index is -0.786. The van der Waals surface area contributed by atoms with Crippen LogP contribution in [0.5, 0.6) is 0 Å². The summed E-state index contributed by atoms with van der Waals surface area (Å²) in [7, 11) is 0. The number of Topliss-reactive ketones (excluding diaryl/α,β-unsaturated/α-hetero) is 1. The van der Waals surface area contributed by atoms with E-state index in [-0.39, 0.29) is 36.1 Å². The van der Waals surface area contributed by atoms with Crippen molar-refractivity contribution in [2.24, 2.45) is 0 Å². The lowest BCUT2D eigenvalue weighted by Gasteiger charge is -2.29. The van der Waals surface area contributed by atoms with Crippen LogP contribution in [0.4, 0.5) is 5.69 Å². The number of hydrogen-bond donors (Lipinski definition) is 2. The lowest BCUT2D eigenvalue weighted by atomic mass is 10.0. The van der Waals surface area contributed by atoms with Gasteiger partial charge in [-0.2, -0.15) is 0 Å². The van der Waals surface area contributed by atoms with Crippen molar-refractivity contribution in [3.8, 4) is 0 Å². The predicted molar refractivity (Wildman–Crippen MR) is 93.6 cm³/mol. The second-order valence-electron chi connectivity index (χ2n) is 6.55. The third-order valence-corrected chi connectivity index (χ3v) is 5.05. The number of aliphatic hydroxyl groups is 1. The minimum Gasteiger partial charge on any atom is -0.388 e. The molecule has 1 aromatic carbocycles. The average molecular weight is 388 g/mol. The number of imidazole rings is 1. The monoisotopic (exact) mass is 387 g/mol. The SMILES string of the molecule is O=C1C(Nc2cccc(Cl)c2)=CC(=O)c2c1nc1n2[C@H]2OC[C@@H](O)[C@H]2OC1. The highest BCUT2D eigenvalue weighted by Crippen LogP contribution is 2.37. The van der Waals surface area contributed by atoms with Crippen molar-refractivity contribution in [1.82, 2.24) is 9.55 Å². The van der Waals surface area contributed by atoms with E-state index in [9.17, 15) is 14.7 Å². The van der Waals surface area contributed by atoms with Gasteiger partial charge in [0.25, 0.3) is 0 Å². The van der Waals surface area contributed by atoms with Gasteiger partial charge in [-0.25, -0.2) is 4.98 Å². The number of carbonyl (C=O) groups is 2. The van der Waals surface area contributed by atoms with E-state index in [0.29, 0.717) is 16.5 Å². The highest BCUT2D eigenvalue weighted by Gasteiger charge is 2.46. The standard InChI is InChI=1S/C18H14ClN3O5/c19-8-2-1-3-9(4-8)20-10-5-11(23)15-14(16(10)25)21-13-7-26-17-12(24)6-27-18(17)22(13)15/h1-5,12,17-18,20,24H,6-7H2/t12-,17-,18+/m1/s1. The first-order chi connectivity index (χ1) is 13.0. The third-order valence-electron chi connectivity index (χ3n) is 4.81. The Labute approximate surface area is 158 Å². The van der Waals surface area contributed by atoms with Gasteiger partial charge in [-0.15, -0.1) is 0 Å². The van der Waals surface area contributed by atoms with Gasteiger partial charge in [-0.05, 0) is 18.2 Å². The predicted octanol–water partition coefficient (Wildman–Crippen LogP) is 1.70. The number of ketones is 2. The normalized spacial score (nSPS) is 26.3. The van der Waals surface area contributed by atoms with E-state index in [1.807, 2.05) is 0 Å². The molecule has 0 amide bonds. The number of allylic oxidation sites excluding steroid dienone is 2. The Bertz CT molecular complexity index is 1010. The summed E-state index contributed by atoms with van der Waals surface area (Å²) >= 11 is 5.97. The molecule has 0 unspecified atom stereocenters. The molecule has 1 aliphatic carbocycles. The molecular weight excluding hydrogens is 374 g/mol. The van der Waals surface area contributed by atoms with Crippen LogP contribution >= 0.6 is 11.6 Å². The Morgan fingerprint density at radius 3 is 2.96 bits per heavy atom. The van der Waals surface area contributed by atoms with Gasteiger partial charge in [0.15, 0.2) is 6.23 Å². The van der Waals surface area contributed by atoms with Crippen LogP contribution in [0.25, 0.3) is 0 Å². The summed E-state index contributed by atoms with van der Waals surface area (Å²) < 4.78 is 12.7. The van der Waals surface area contributed by atoms with E-state index in [0.717, 1.165) is 0 Å². The van der Waals surface area contributed by atoms with Crippen LogP contribution in [-0.2, 0) is 16.1 Å². The number of nitrogens with one attached hydrogen (secondary N) is 1. The first kappa shape index (κ1) is 16.6. The number of nitrogens with zero attached hydrogens (tertiary/aromatic N) is 2. The van der Waals surface area contributed by atoms with Crippen molar-refractivity contribution in [2.45, 2.75) is 25.0 Å². The maximum absolute atomic E-state index is 12.9. The van der Waals surface area contributed by atoms with Gasteiger partial charge < -0.3 is 19.9 Å². The molecule has 0 radical (unpaired) electrons. The Hall–Kier alpha value is -2.52. The van der Waals surface area contributed by atoms with E-state index in [2.05, 4.69) is 10.3 Å². The summed E-state index contributed by atoms with van der Waals surface area (Å²) in [5.74, 6) is -0.338. The van der Waals surface area contributed by atoms with Crippen molar-refractivity contribution in [1.29, 1.82) is 0 Å². The van der Waals surface area contributed by atoms with Crippen molar-refractivity contribution in [2.75, 3.05) is 11.9 Å². The van der Waals surface area contributed by atoms with Gasteiger partial charge in [0, 0.05) is 16.8 Å². The fourth-order valence-corrected chi connectivity index (χ4v) is 3.81. The number of aromatic nitrogens is 2. The Balaban J connectivity index is 1.53. The van der Waals surface area contributed by atoms with Crippen molar-refractivity contribution >= 4 is 28.9 Å². The minimum absolute atomic E-state index is 0.0521. The van der Waals surface area contributed by atoms with E-state index in [1.165, 1.54) is 6.08 Å². The number of rotatable bonds is 2. The summed E-state index contributed by atoms with van der Waals surface area (Å²) in [5, 5.41) is 13.4. The molecule has 1 saturated heterocycles. The molecule has 2 aromatic rings. The zero-order valence-electron chi connectivity index (χ0n) is 13.9. The van der Waals surface area contributed by atoms with Crippen molar-refractivity contribution in [3.63, 3.8) is 0 Å². The largest absolute Gasteiger partial charge is 0.388 e. The Kier molecular flexibility index (Phi) is 3.70. The van der Waals surface area contributed by atoms with Gasteiger partial charge >= 0.3 is 0 Å². The van der Waals surface area contributed by atoms with E-state index >= 15 is 0 Å². The number of anilines is 1. The number of carbonyl (C=O) groups excluding carboxylic acids is 2. The smallest absolute Gasteiger partial charge is 0.230 e. The summed E-state index contributed by atoms with van der Waals surface area (Å²) in [6.45, 7) is 0.188. The molecular formula is C18H14ClN3O5. The maximum atomic E-state index is 12.9. The van der Waals surface area contributed by atoms with Gasteiger partial charge in [0.05, 0.1) is 12.3 Å². The van der Waals surface area contributed by atoms with Gasteiger partial charge in [-0.1, -0.05) is 17.7 Å². The summed E-state index contributed by atoms with van der Waals surface area (Å²) in [6.07, 6.45) is -0.802. The summed E-state index contributed by atoms with van der Waals surface area (Å²) in [6, 6.07) is 6.84. The second kappa shape index (κ2) is 6.00. The van der Waals surface area contributed by atoms with Gasteiger partial charge in [0.2, 0.25) is 11.6 Å². The molecule has 0 spiro atoms. The number of halogens is 1. The second-order valence-corrected chi connectivity index (χ2v) is 6.99. The molecule has 1 aromatic heterocycles. The molecule has 5 rings (SSSR count). The molecule has 1 fully saturated rings. The third kappa shape index (κ3) is 2.53. The van der Waals surface area contributed by atoms with Crippen LogP contribution in [0.15, 0.2) is 36.0 Å². The fraction of sp³-hybridized carbons (Fsp3) is 0.278. The fourth-order valence-electron chi connectivity index (χ4n) is 3.62. The van der Waals surface area contributed by atoms with E-state index < -0.39 is 24.2 Å². The van der Waals surface area contributed by atoms with Crippen LogP contribution < -0.4 is 5.32 Å². The molecule has 3 heterocycles. The molecule has 3 atom stereocenters. The number of hydrogen-bond acceptors (Lipinski definition) is 7. The number of aliphatic hydroxyl groups excluding tert-OH is 1. The first-order valence-electron chi connectivity index (χ1n) is 8.38. The van der Waals surface area contributed by atoms with Crippen molar-refractivity contribution < 1.29 is 24.2 Å². The maximum Gasteiger partial charge on any atom is 0.230 e. The van der Waals surface area contributed by atoms with Crippen LogP contribution in [0, 0.1) is 0 Å². The highest BCUT2D eigenvalue weighted by atomic mass is 35.5. The summed E-state index contributed by atoms with van der Waals surface area (Å²) in [4.78, 5) is 30.0. The van der Waals surface area contributed by atoms with Crippen LogP contribution in [0.2, 0.25) is 5.02 Å². The average Bonchev–Trinajstić information content (AvgIpc) is 3.21. The van der Waals surface area contributed by atoms with Crippen molar-refractivity contribution in [3.05, 3.63) is 58.3 Å². The lowest BCUT2D eigenvalue weighted by molar-refractivity contribution is -0.0992. The highest BCUT2D eigenvalue weighted by molar-refractivity contribution is 6.31. The molecule has 27 heavy (non-hydrogen) atoms. The van der Waals surface area contributed by atoms with E-state index in [1.54, 1.807) is 28.8 Å². The van der Waals surface area contributed by atoms with Crippen LogP contribution in [0.3, 0.4) is 0 Å². The van der Waals surface area contributed by atoms with Crippen LogP contribution in [0.1, 0.15) is 33.0 Å². The van der Waals surface area contributed by atoms with Gasteiger partial charge in [0.1, 0.15) is 36.0 Å². The molecule has 8 nitrogen and oxygen atoms in total. The van der Waals surface area contributed by atoms with E-state index in [4.69, 9.17) is 21.1 Å². The Morgan fingerprint density at radius 2 is 2.15 bits per heavy atom. The quantitative estimate of drug-likeness (QED) is 0.808. The molecule has 0 saturated carbocycles. The van der Waals surface area contributed by atoms with Gasteiger partial charge in [-0.3, -0.25) is 14.2 Å². The number of ether oxygens (including phenoxy) is 2. The molecule has 9 heteroatoms. The molecule has 3 aliphatic rings. The van der Waals surface area contributed by atoms with Crippen LogP contribution in [-0.4, -0.2) is 45.0 Å². The number of benzene rings is 1. The first-order valence-corrected chi connectivity index (χ1v) is 8.76. The molecule has 2 N–H and O–H groups in total. The topological polar surface area (TPSA) is 103 Å². The summed E-state index contributed by atoms with van der Waals surface area (Å²) in [5.41, 5.74) is 0.929. The zero-order chi connectivity index (χ0) is 18.7. The Morgan fingerprint density at radius 1 is 1.30 bits per heavy atom. The molecule has 0 bridgehead atoms. The molecule has 2 aliphatic heterocycles. The lowest BCUT2D eigenvalue weighted by Crippen LogP contribution is -2.37. The number of fused-ring (bicyclic) bond motifs is 5.